The van der Waals surface area contributed by atoms with Gasteiger partial charge in [-0.25, -0.2) is 0 Å². The van der Waals surface area contributed by atoms with E-state index in [1.807, 2.05) is 25.1 Å². The Morgan fingerprint density at radius 3 is 2.04 bits per heavy atom. The van der Waals surface area contributed by atoms with Gasteiger partial charge in [0.05, 0.1) is 18.8 Å². The lowest BCUT2D eigenvalue weighted by atomic mass is 10.0. The Morgan fingerprint density at radius 1 is 1.08 bits per heavy atom. The van der Waals surface area contributed by atoms with Gasteiger partial charge in [0.15, 0.2) is 0 Å². The van der Waals surface area contributed by atoms with E-state index in [9.17, 15) is 5.11 Å². The van der Waals surface area contributed by atoms with Crippen molar-refractivity contribution in [2.24, 2.45) is 0 Å². The summed E-state index contributed by atoms with van der Waals surface area (Å²) in [5, 5.41) is 9.40. The summed E-state index contributed by atoms with van der Waals surface area (Å²) in [6, 6.07) is 16.5. The van der Waals surface area contributed by atoms with Crippen molar-refractivity contribution in [3.05, 3.63) is 69.7 Å². The van der Waals surface area contributed by atoms with Gasteiger partial charge < -0.3 is 9.84 Å². The summed E-state index contributed by atoms with van der Waals surface area (Å²) in [5.74, 6) is 0. The summed E-state index contributed by atoms with van der Waals surface area (Å²) < 4.78 is 6.01. The van der Waals surface area contributed by atoms with E-state index >= 15 is 0 Å². The predicted molar refractivity (Wildman–Crippen MR) is 110 cm³/mol. The molecule has 3 rings (SSSR count). The van der Waals surface area contributed by atoms with Gasteiger partial charge in [-0.1, -0.05) is 77.3 Å². The topological polar surface area (TPSA) is 32.8 Å². The van der Waals surface area contributed by atoms with Crippen molar-refractivity contribution < 1.29 is 9.84 Å². The SMILES string of the molecule is CCC1CO1.CC[C@H](O)Cc1cccc(C)c1.Cc1cccc(Br)c1. The van der Waals surface area contributed by atoms with E-state index in [1.54, 1.807) is 0 Å². The molecule has 0 amide bonds. The molecular formula is C22H31BrO2. The average Bonchev–Trinajstić information content (AvgIpc) is 3.40. The highest BCUT2D eigenvalue weighted by Gasteiger charge is 2.18. The molecule has 1 aliphatic rings. The Kier molecular flexibility index (Phi) is 10.7. The van der Waals surface area contributed by atoms with Gasteiger partial charge >= 0.3 is 0 Å². The number of epoxide rings is 1. The van der Waals surface area contributed by atoms with E-state index < -0.39 is 0 Å². The van der Waals surface area contributed by atoms with Gasteiger partial charge in [0.2, 0.25) is 0 Å². The molecule has 1 unspecified atom stereocenters. The van der Waals surface area contributed by atoms with Crippen molar-refractivity contribution in [1.29, 1.82) is 0 Å². The quantitative estimate of drug-likeness (QED) is 0.644. The third-order valence-corrected chi connectivity index (χ3v) is 4.36. The van der Waals surface area contributed by atoms with Crippen LogP contribution < -0.4 is 0 Å². The van der Waals surface area contributed by atoms with Crippen LogP contribution >= 0.6 is 15.9 Å². The van der Waals surface area contributed by atoms with E-state index in [-0.39, 0.29) is 6.10 Å². The summed E-state index contributed by atoms with van der Waals surface area (Å²) in [6.45, 7) is 9.29. The van der Waals surface area contributed by atoms with E-state index in [0.29, 0.717) is 6.10 Å². The molecule has 1 saturated heterocycles. The van der Waals surface area contributed by atoms with Crippen LogP contribution in [-0.4, -0.2) is 23.9 Å². The van der Waals surface area contributed by atoms with Crippen molar-refractivity contribution in [2.75, 3.05) is 6.61 Å². The van der Waals surface area contributed by atoms with Crippen molar-refractivity contribution in [3.63, 3.8) is 0 Å². The summed E-state index contributed by atoms with van der Waals surface area (Å²) in [6.07, 6.45) is 3.24. The van der Waals surface area contributed by atoms with Crippen LogP contribution in [0.4, 0.5) is 0 Å². The molecule has 2 aromatic rings. The minimum atomic E-state index is -0.188. The number of rotatable bonds is 4. The molecule has 0 aromatic heterocycles. The minimum absolute atomic E-state index is 0.188. The number of hydrogen-bond donors (Lipinski definition) is 1. The first-order valence-corrected chi connectivity index (χ1v) is 9.81. The monoisotopic (exact) mass is 406 g/mol. The third kappa shape index (κ3) is 11.1. The lowest BCUT2D eigenvalue weighted by molar-refractivity contribution is 0.171. The Labute approximate surface area is 161 Å². The van der Waals surface area contributed by atoms with Crippen LogP contribution in [0, 0.1) is 13.8 Å². The van der Waals surface area contributed by atoms with E-state index in [0.717, 1.165) is 23.9 Å². The zero-order valence-corrected chi connectivity index (χ0v) is 17.4. The largest absolute Gasteiger partial charge is 0.393 e. The molecule has 1 aliphatic heterocycles. The normalized spacial score (nSPS) is 16.0. The van der Waals surface area contributed by atoms with Crippen molar-refractivity contribution in [1.82, 2.24) is 0 Å². The van der Waals surface area contributed by atoms with E-state index in [1.165, 1.54) is 23.1 Å². The standard InChI is InChI=1S/C11H16O.C7H7Br.C4H8O/c1-3-11(12)8-10-6-4-5-9(2)7-10;1-6-3-2-4-7(8)5-6;1-2-4-3-5-4/h4-7,11-12H,3,8H2,1-2H3;2-5H,1H3;4H,2-3H2,1H3/t11-;;/m0../s1. The van der Waals surface area contributed by atoms with Crippen LogP contribution in [0.25, 0.3) is 0 Å². The molecule has 0 aliphatic carbocycles. The maximum atomic E-state index is 9.40. The molecule has 1 fully saturated rings. The third-order valence-electron chi connectivity index (χ3n) is 3.86. The Bertz CT molecular complexity index is 591. The van der Waals surface area contributed by atoms with E-state index in [2.05, 4.69) is 67.0 Å². The van der Waals surface area contributed by atoms with Gasteiger partial charge in [0.1, 0.15) is 0 Å². The molecule has 0 saturated carbocycles. The first-order chi connectivity index (χ1) is 11.9. The van der Waals surface area contributed by atoms with E-state index in [4.69, 9.17) is 4.74 Å². The van der Waals surface area contributed by atoms with Crippen LogP contribution in [0.2, 0.25) is 0 Å². The maximum absolute atomic E-state index is 9.40. The highest BCUT2D eigenvalue weighted by atomic mass is 79.9. The van der Waals surface area contributed by atoms with Crippen LogP contribution in [0.3, 0.4) is 0 Å². The summed E-state index contributed by atoms with van der Waals surface area (Å²) in [7, 11) is 0. The molecule has 2 atom stereocenters. The van der Waals surface area contributed by atoms with Crippen LogP contribution in [0.1, 0.15) is 43.4 Å². The number of aliphatic hydroxyl groups is 1. The first-order valence-electron chi connectivity index (χ1n) is 9.02. The molecule has 25 heavy (non-hydrogen) atoms. The molecule has 0 bridgehead atoms. The van der Waals surface area contributed by atoms with Gasteiger partial charge in [-0.15, -0.1) is 0 Å². The minimum Gasteiger partial charge on any atom is -0.393 e. The molecule has 138 valence electrons. The first kappa shape index (κ1) is 21.9. The molecule has 0 radical (unpaired) electrons. The summed E-state index contributed by atoms with van der Waals surface area (Å²) >= 11 is 3.36. The van der Waals surface area contributed by atoms with Gasteiger partial charge in [-0.2, -0.15) is 0 Å². The summed E-state index contributed by atoms with van der Waals surface area (Å²) in [5.41, 5.74) is 3.78. The summed E-state index contributed by atoms with van der Waals surface area (Å²) in [4.78, 5) is 0. The lowest BCUT2D eigenvalue weighted by Gasteiger charge is -2.07. The van der Waals surface area contributed by atoms with Crippen molar-refractivity contribution in [3.8, 4) is 0 Å². The fourth-order valence-electron chi connectivity index (χ4n) is 2.16. The second-order valence-electron chi connectivity index (χ2n) is 6.42. The Morgan fingerprint density at radius 2 is 1.68 bits per heavy atom. The number of ether oxygens (including phenoxy) is 1. The number of aliphatic hydroxyl groups excluding tert-OH is 1. The van der Waals surface area contributed by atoms with Crippen molar-refractivity contribution in [2.45, 2.75) is 59.2 Å². The number of benzene rings is 2. The number of hydrogen-bond acceptors (Lipinski definition) is 2. The van der Waals surface area contributed by atoms with Crippen LogP contribution in [-0.2, 0) is 11.2 Å². The molecular weight excluding hydrogens is 376 g/mol. The maximum Gasteiger partial charge on any atom is 0.0807 e. The number of halogens is 1. The molecule has 3 heteroatoms. The highest BCUT2D eigenvalue weighted by Crippen LogP contribution is 2.11. The van der Waals surface area contributed by atoms with Gasteiger partial charge in [0, 0.05) is 4.47 Å². The molecule has 2 nitrogen and oxygen atoms in total. The second kappa shape index (κ2) is 12.2. The molecule has 1 N–H and O–H groups in total. The highest BCUT2D eigenvalue weighted by molar-refractivity contribution is 9.10. The lowest BCUT2D eigenvalue weighted by Crippen LogP contribution is -2.08. The second-order valence-corrected chi connectivity index (χ2v) is 7.33. The Balaban J connectivity index is 0.000000205. The Hall–Kier alpha value is -1.16. The van der Waals surface area contributed by atoms with Crippen LogP contribution in [0.5, 0.6) is 0 Å². The fourth-order valence-corrected chi connectivity index (χ4v) is 2.68. The van der Waals surface area contributed by atoms with Gasteiger partial charge in [0.25, 0.3) is 0 Å². The zero-order chi connectivity index (χ0) is 18.7. The van der Waals surface area contributed by atoms with Gasteiger partial charge in [-0.05, 0) is 50.8 Å². The zero-order valence-electron chi connectivity index (χ0n) is 15.8. The van der Waals surface area contributed by atoms with Crippen LogP contribution in [0.15, 0.2) is 53.0 Å². The molecule has 0 spiro atoms. The smallest absolute Gasteiger partial charge is 0.0807 e. The molecule has 2 aromatic carbocycles. The fraction of sp³-hybridized carbons (Fsp3) is 0.455. The number of aryl methyl sites for hydroxylation is 2. The van der Waals surface area contributed by atoms with Gasteiger partial charge in [-0.3, -0.25) is 0 Å². The predicted octanol–water partition coefficient (Wildman–Crippen LogP) is 5.86. The van der Waals surface area contributed by atoms with Crippen molar-refractivity contribution >= 4 is 15.9 Å². The molecule has 1 heterocycles. The average molecular weight is 407 g/mol.